The van der Waals surface area contributed by atoms with Crippen LogP contribution in [0.25, 0.3) is 0 Å². The summed E-state index contributed by atoms with van der Waals surface area (Å²) < 4.78 is 7.50. The Labute approximate surface area is 168 Å². The Kier molecular flexibility index (Phi) is 6.26. The molecule has 0 atom stereocenters. The van der Waals surface area contributed by atoms with Crippen molar-refractivity contribution >= 4 is 17.5 Å². The van der Waals surface area contributed by atoms with Crippen molar-refractivity contribution in [3.05, 3.63) is 70.5 Å². The zero-order valence-corrected chi connectivity index (χ0v) is 16.8. The summed E-state index contributed by atoms with van der Waals surface area (Å²) in [7, 11) is 1.77. The van der Waals surface area contributed by atoms with Gasteiger partial charge in [-0.1, -0.05) is 29.8 Å². The first-order valence-corrected chi connectivity index (χ1v) is 9.31. The van der Waals surface area contributed by atoms with Crippen molar-refractivity contribution in [1.82, 2.24) is 25.1 Å². The first kappa shape index (κ1) is 19.8. The zero-order chi connectivity index (χ0) is 20.1. The molecule has 0 spiro atoms. The number of tetrazole rings is 1. The smallest absolute Gasteiger partial charge is 0.254 e. The van der Waals surface area contributed by atoms with Crippen molar-refractivity contribution in [3.8, 4) is 5.75 Å². The van der Waals surface area contributed by atoms with Crippen molar-refractivity contribution in [3.63, 3.8) is 0 Å². The third-order valence-electron chi connectivity index (χ3n) is 4.18. The summed E-state index contributed by atoms with van der Waals surface area (Å²) in [6.45, 7) is 4.71. The van der Waals surface area contributed by atoms with Crippen molar-refractivity contribution in [2.45, 2.75) is 33.0 Å². The van der Waals surface area contributed by atoms with E-state index in [0.29, 0.717) is 28.7 Å². The maximum atomic E-state index is 12.8. The Morgan fingerprint density at radius 1 is 1.21 bits per heavy atom. The van der Waals surface area contributed by atoms with Crippen LogP contribution in [0.15, 0.2) is 48.5 Å². The van der Waals surface area contributed by atoms with Gasteiger partial charge in [0.1, 0.15) is 12.4 Å². The fourth-order valence-corrected chi connectivity index (χ4v) is 2.86. The van der Waals surface area contributed by atoms with E-state index in [2.05, 4.69) is 15.5 Å². The van der Waals surface area contributed by atoms with Crippen molar-refractivity contribution in [2.24, 2.45) is 0 Å². The molecule has 0 radical (unpaired) electrons. The molecular weight excluding hydrogens is 378 g/mol. The molecule has 0 saturated heterocycles. The summed E-state index contributed by atoms with van der Waals surface area (Å²) >= 11 is 5.91. The highest BCUT2D eigenvalue weighted by atomic mass is 35.5. The minimum atomic E-state index is -0.0904. The third-order valence-corrected chi connectivity index (χ3v) is 4.43. The molecule has 0 bridgehead atoms. The van der Waals surface area contributed by atoms with Gasteiger partial charge in [-0.15, -0.1) is 5.10 Å². The number of hydrogen-bond acceptors (Lipinski definition) is 5. The number of benzene rings is 2. The van der Waals surface area contributed by atoms with Gasteiger partial charge in [-0.2, -0.15) is 0 Å². The normalized spacial score (nSPS) is 10.9. The van der Waals surface area contributed by atoms with Gasteiger partial charge in [0.15, 0.2) is 5.82 Å². The average molecular weight is 400 g/mol. The van der Waals surface area contributed by atoms with Crippen LogP contribution >= 0.6 is 11.6 Å². The minimum Gasteiger partial charge on any atom is -0.486 e. The van der Waals surface area contributed by atoms with Crippen LogP contribution in [0.2, 0.25) is 5.02 Å². The van der Waals surface area contributed by atoms with Crippen LogP contribution in [0, 0.1) is 0 Å². The molecule has 146 valence electrons. The highest BCUT2D eigenvalue weighted by Gasteiger charge is 2.14. The van der Waals surface area contributed by atoms with Crippen LogP contribution in [-0.2, 0) is 13.2 Å². The molecule has 0 saturated carbocycles. The van der Waals surface area contributed by atoms with Crippen LogP contribution in [0.3, 0.4) is 0 Å². The standard InChI is InChI=1S/C20H22ClN5O2/c1-14(2)26-19(22-23-24-26)13-28-18-6-4-5-16(11-18)20(27)25(3)12-15-7-9-17(21)10-8-15/h4-11,14H,12-13H2,1-3H3. The molecule has 1 heterocycles. The summed E-state index contributed by atoms with van der Waals surface area (Å²) in [5, 5.41) is 12.3. The Morgan fingerprint density at radius 3 is 2.68 bits per heavy atom. The van der Waals surface area contributed by atoms with Gasteiger partial charge in [0.05, 0.1) is 6.04 Å². The van der Waals surface area contributed by atoms with Gasteiger partial charge in [-0.05, 0) is 60.2 Å². The topological polar surface area (TPSA) is 73.1 Å². The summed E-state index contributed by atoms with van der Waals surface area (Å²) in [5.41, 5.74) is 1.56. The molecule has 1 amide bonds. The third kappa shape index (κ3) is 4.86. The Morgan fingerprint density at radius 2 is 1.96 bits per heavy atom. The van der Waals surface area contributed by atoms with E-state index in [9.17, 15) is 4.79 Å². The van der Waals surface area contributed by atoms with Gasteiger partial charge in [-0.3, -0.25) is 4.79 Å². The summed E-state index contributed by atoms with van der Waals surface area (Å²) in [4.78, 5) is 14.4. The van der Waals surface area contributed by atoms with E-state index < -0.39 is 0 Å². The predicted molar refractivity (Wildman–Crippen MR) is 106 cm³/mol. The van der Waals surface area contributed by atoms with Gasteiger partial charge in [0.25, 0.3) is 5.91 Å². The number of hydrogen-bond donors (Lipinski definition) is 0. The van der Waals surface area contributed by atoms with Crippen LogP contribution in [0.5, 0.6) is 5.75 Å². The monoisotopic (exact) mass is 399 g/mol. The number of aromatic nitrogens is 4. The van der Waals surface area contributed by atoms with Gasteiger partial charge >= 0.3 is 0 Å². The van der Waals surface area contributed by atoms with Crippen LogP contribution in [-0.4, -0.2) is 38.1 Å². The fraction of sp³-hybridized carbons (Fsp3) is 0.300. The average Bonchev–Trinajstić information content (AvgIpc) is 3.17. The van der Waals surface area contributed by atoms with Gasteiger partial charge in [0.2, 0.25) is 0 Å². The zero-order valence-electron chi connectivity index (χ0n) is 16.0. The second-order valence-electron chi connectivity index (χ2n) is 6.74. The molecule has 2 aromatic carbocycles. The number of amides is 1. The van der Waals surface area contributed by atoms with Crippen LogP contribution in [0.4, 0.5) is 0 Å². The molecule has 7 nitrogen and oxygen atoms in total. The highest BCUT2D eigenvalue weighted by Crippen LogP contribution is 2.18. The maximum absolute atomic E-state index is 12.8. The van der Waals surface area contributed by atoms with E-state index in [1.165, 1.54) is 0 Å². The van der Waals surface area contributed by atoms with Gasteiger partial charge in [0, 0.05) is 24.2 Å². The molecule has 8 heteroatoms. The number of halogens is 1. The maximum Gasteiger partial charge on any atom is 0.254 e. The lowest BCUT2D eigenvalue weighted by atomic mass is 10.1. The lowest BCUT2D eigenvalue weighted by Gasteiger charge is -2.18. The molecule has 0 aliphatic heterocycles. The van der Waals surface area contributed by atoms with Crippen LogP contribution in [0.1, 0.15) is 41.6 Å². The van der Waals surface area contributed by atoms with Crippen LogP contribution < -0.4 is 4.74 Å². The lowest BCUT2D eigenvalue weighted by molar-refractivity contribution is 0.0784. The Bertz CT molecular complexity index is 940. The van der Waals surface area contributed by atoms with E-state index in [-0.39, 0.29) is 18.6 Å². The Balaban J connectivity index is 1.65. The number of rotatable bonds is 7. The molecular formula is C20H22ClN5O2. The van der Waals surface area contributed by atoms with Crippen molar-refractivity contribution < 1.29 is 9.53 Å². The first-order valence-electron chi connectivity index (χ1n) is 8.93. The molecule has 28 heavy (non-hydrogen) atoms. The van der Waals surface area contributed by atoms with E-state index in [0.717, 1.165) is 5.56 Å². The second kappa shape index (κ2) is 8.84. The molecule has 3 aromatic rings. The number of carbonyl (C=O) groups is 1. The van der Waals surface area contributed by atoms with Gasteiger partial charge < -0.3 is 9.64 Å². The van der Waals surface area contributed by atoms with E-state index >= 15 is 0 Å². The van der Waals surface area contributed by atoms with Crippen molar-refractivity contribution in [1.29, 1.82) is 0 Å². The lowest BCUT2D eigenvalue weighted by Crippen LogP contribution is -2.26. The molecule has 0 aliphatic rings. The predicted octanol–water partition coefficient (Wildman–Crippen LogP) is 3.76. The summed E-state index contributed by atoms with van der Waals surface area (Å²) in [6, 6.07) is 14.7. The molecule has 1 aromatic heterocycles. The van der Waals surface area contributed by atoms with Crippen molar-refractivity contribution in [2.75, 3.05) is 7.05 Å². The minimum absolute atomic E-state index is 0.0904. The Hall–Kier alpha value is -2.93. The van der Waals surface area contributed by atoms with E-state index in [1.54, 1.807) is 40.9 Å². The SMILES string of the molecule is CC(C)n1nnnc1COc1cccc(C(=O)N(C)Cc2ccc(Cl)cc2)c1. The number of carbonyl (C=O) groups excluding carboxylic acids is 1. The molecule has 0 unspecified atom stereocenters. The molecule has 3 rings (SSSR count). The number of nitrogens with zero attached hydrogens (tertiary/aromatic N) is 5. The summed E-state index contributed by atoms with van der Waals surface area (Å²) in [6.07, 6.45) is 0. The van der Waals surface area contributed by atoms with Gasteiger partial charge in [-0.25, -0.2) is 4.68 Å². The van der Waals surface area contributed by atoms with E-state index in [1.807, 2.05) is 38.1 Å². The molecule has 0 aliphatic carbocycles. The van der Waals surface area contributed by atoms with E-state index in [4.69, 9.17) is 16.3 Å². The molecule has 0 fully saturated rings. The second-order valence-corrected chi connectivity index (χ2v) is 7.17. The largest absolute Gasteiger partial charge is 0.486 e. The summed E-state index contributed by atoms with van der Waals surface area (Å²) in [5.74, 6) is 1.13. The first-order chi connectivity index (χ1) is 13.4. The fourth-order valence-electron chi connectivity index (χ4n) is 2.73. The highest BCUT2D eigenvalue weighted by molar-refractivity contribution is 6.30. The number of ether oxygens (including phenoxy) is 1. The quantitative estimate of drug-likeness (QED) is 0.604. The molecule has 0 N–H and O–H groups in total.